The molecule has 3 N–H and O–H groups in total. The summed E-state index contributed by atoms with van der Waals surface area (Å²) >= 11 is 0. The molecule has 0 bridgehead atoms. The first-order chi connectivity index (χ1) is 21.4. The number of likely N-dealkylation sites (tertiary alicyclic amines) is 1. The number of piperidine rings is 1. The van der Waals surface area contributed by atoms with Gasteiger partial charge in [0, 0.05) is 19.6 Å². The lowest BCUT2D eigenvalue weighted by Gasteiger charge is -2.37. The fourth-order valence-electron chi connectivity index (χ4n) is 5.44. The lowest BCUT2D eigenvalue weighted by Crippen LogP contribution is -2.52. The Bertz CT molecular complexity index is 1660. The number of amides is 1. The van der Waals surface area contributed by atoms with E-state index in [0.29, 0.717) is 31.1 Å². The van der Waals surface area contributed by atoms with Crippen LogP contribution in [0.4, 0.5) is 0 Å². The normalized spacial score (nSPS) is 21.4. The molecule has 6 rings (SSSR count). The first-order valence-corrected chi connectivity index (χ1v) is 15.8. The van der Waals surface area contributed by atoms with Gasteiger partial charge in [-0.25, -0.2) is 14.2 Å². The van der Waals surface area contributed by atoms with Crippen molar-refractivity contribution in [2.75, 3.05) is 19.7 Å². The summed E-state index contributed by atoms with van der Waals surface area (Å²) in [6, 6.07) is 26.0. The van der Waals surface area contributed by atoms with E-state index in [-0.39, 0.29) is 18.5 Å². The van der Waals surface area contributed by atoms with E-state index in [4.69, 9.17) is 19.8 Å². The smallest absolute Gasteiger partial charge is 0.336 e. The van der Waals surface area contributed by atoms with Gasteiger partial charge in [0.2, 0.25) is 5.91 Å². The molecule has 3 aromatic carbocycles. The molecule has 13 heteroatoms. The molecule has 0 aliphatic carbocycles. The highest BCUT2D eigenvalue weighted by molar-refractivity contribution is 7.84. The molecule has 1 saturated heterocycles. The van der Waals surface area contributed by atoms with Crippen LogP contribution >= 0.6 is 0 Å². The average molecular weight is 616 g/mol. The number of fused-ring (bicyclic) bond motifs is 1. The third kappa shape index (κ3) is 6.86. The van der Waals surface area contributed by atoms with E-state index in [1.54, 1.807) is 17.0 Å². The molecular formula is C31H33N7O5S. The molecule has 3 atom stereocenters. The SMILES string of the molecule is NC1N=CN=C2C1C(c1ccc(Oc3ccccc3)cc1)=NN2[C@@H]1CCCN(C(=O)COS(=O)(=O)NCc2ccccc2)C1. The van der Waals surface area contributed by atoms with Gasteiger partial charge in [-0.05, 0) is 60.4 Å². The van der Waals surface area contributed by atoms with E-state index in [1.807, 2.05) is 77.8 Å². The van der Waals surface area contributed by atoms with Crippen molar-refractivity contribution < 1.29 is 22.1 Å². The highest BCUT2D eigenvalue weighted by Crippen LogP contribution is 2.32. The molecule has 1 amide bonds. The van der Waals surface area contributed by atoms with Gasteiger partial charge in [-0.1, -0.05) is 48.5 Å². The van der Waals surface area contributed by atoms with Gasteiger partial charge >= 0.3 is 10.3 Å². The van der Waals surface area contributed by atoms with Crippen molar-refractivity contribution in [1.82, 2.24) is 14.6 Å². The number of aliphatic imine (C=N–C) groups is 2. The second-order valence-electron chi connectivity index (χ2n) is 10.6. The lowest BCUT2D eigenvalue weighted by atomic mass is 9.93. The lowest BCUT2D eigenvalue weighted by molar-refractivity contribution is -0.135. The Morgan fingerprint density at radius 2 is 1.68 bits per heavy atom. The Morgan fingerprint density at radius 1 is 0.977 bits per heavy atom. The third-order valence-corrected chi connectivity index (χ3v) is 8.58. The van der Waals surface area contributed by atoms with Crippen molar-refractivity contribution in [3.63, 3.8) is 0 Å². The molecule has 3 heterocycles. The summed E-state index contributed by atoms with van der Waals surface area (Å²) in [7, 11) is -4.11. The van der Waals surface area contributed by atoms with E-state index in [9.17, 15) is 13.2 Å². The van der Waals surface area contributed by atoms with Gasteiger partial charge < -0.3 is 15.4 Å². The van der Waals surface area contributed by atoms with Crippen molar-refractivity contribution in [2.45, 2.75) is 31.6 Å². The molecule has 228 valence electrons. The van der Waals surface area contributed by atoms with Crippen LogP contribution in [0.1, 0.15) is 24.0 Å². The van der Waals surface area contributed by atoms with Gasteiger partial charge in [0.25, 0.3) is 0 Å². The number of carbonyl (C=O) groups excluding carboxylic acids is 1. The largest absolute Gasteiger partial charge is 0.457 e. The van der Waals surface area contributed by atoms with Crippen molar-refractivity contribution in [3.8, 4) is 11.5 Å². The zero-order valence-electron chi connectivity index (χ0n) is 23.9. The molecule has 0 spiro atoms. The number of hydrazone groups is 1. The molecule has 1 fully saturated rings. The quantitative estimate of drug-likeness (QED) is 0.356. The minimum Gasteiger partial charge on any atom is -0.457 e. The Balaban J connectivity index is 1.12. The van der Waals surface area contributed by atoms with Crippen molar-refractivity contribution >= 4 is 34.1 Å². The fraction of sp³-hybridized carbons (Fsp3) is 0.290. The summed E-state index contributed by atoms with van der Waals surface area (Å²) in [5, 5.41) is 6.81. The number of carbonyl (C=O) groups is 1. The Labute approximate surface area is 256 Å². The van der Waals surface area contributed by atoms with Crippen LogP contribution in [-0.2, 0) is 25.8 Å². The maximum atomic E-state index is 13.0. The van der Waals surface area contributed by atoms with Gasteiger partial charge in [0.05, 0.1) is 17.7 Å². The first-order valence-electron chi connectivity index (χ1n) is 14.4. The van der Waals surface area contributed by atoms with Gasteiger partial charge in [-0.2, -0.15) is 18.2 Å². The van der Waals surface area contributed by atoms with Crippen LogP contribution in [0.5, 0.6) is 11.5 Å². The van der Waals surface area contributed by atoms with Gasteiger partial charge in [0.15, 0.2) is 0 Å². The van der Waals surface area contributed by atoms with Crippen LogP contribution < -0.4 is 15.2 Å². The molecular weight excluding hydrogens is 582 g/mol. The summed E-state index contributed by atoms with van der Waals surface area (Å²) in [5.74, 6) is 1.34. The molecule has 44 heavy (non-hydrogen) atoms. The Morgan fingerprint density at radius 3 is 2.43 bits per heavy atom. The fourth-order valence-corrected chi connectivity index (χ4v) is 6.12. The van der Waals surface area contributed by atoms with Crippen LogP contribution in [-0.4, -0.2) is 74.0 Å². The number of hydrogen-bond donors (Lipinski definition) is 2. The second kappa shape index (κ2) is 13.1. The predicted molar refractivity (Wildman–Crippen MR) is 166 cm³/mol. The minimum absolute atomic E-state index is 0.0654. The highest BCUT2D eigenvalue weighted by Gasteiger charge is 2.43. The summed E-state index contributed by atoms with van der Waals surface area (Å²) in [6.07, 6.45) is 2.36. The molecule has 3 aliphatic rings. The molecule has 2 unspecified atom stereocenters. The minimum atomic E-state index is -4.11. The van der Waals surface area contributed by atoms with Gasteiger partial charge in [-0.3, -0.25) is 9.79 Å². The molecule has 0 aromatic heterocycles. The molecule has 0 radical (unpaired) electrons. The standard InChI is InChI=1S/C31H33N7O5S/c32-30-28-29(23-13-15-26(16-14-23)43-25-11-5-2-6-12-25)36-38(31(28)34-21-33-30)24-10-7-17-37(19-24)27(39)20-42-44(40,41)35-18-22-8-3-1-4-9-22/h1-6,8-9,11-16,21,24,28,30,35H,7,10,17-20,32H2/t24-,28?,30?/m1/s1. The van der Waals surface area contributed by atoms with Crippen molar-refractivity contribution in [2.24, 2.45) is 26.7 Å². The number of nitrogens with zero attached hydrogens (tertiary/aromatic N) is 5. The number of amidine groups is 1. The maximum absolute atomic E-state index is 13.0. The molecule has 3 aliphatic heterocycles. The topological polar surface area (TPSA) is 151 Å². The number of nitrogens with two attached hydrogens (primary N) is 1. The van der Waals surface area contributed by atoms with Crippen LogP contribution in [0, 0.1) is 5.92 Å². The van der Waals surface area contributed by atoms with Crippen LogP contribution in [0.15, 0.2) is 100 Å². The zero-order valence-corrected chi connectivity index (χ0v) is 24.7. The average Bonchev–Trinajstić information content (AvgIpc) is 3.45. The second-order valence-corrected chi connectivity index (χ2v) is 12.1. The highest BCUT2D eigenvalue weighted by atomic mass is 32.2. The van der Waals surface area contributed by atoms with E-state index < -0.39 is 29.0 Å². The number of benzene rings is 3. The maximum Gasteiger partial charge on any atom is 0.336 e. The van der Waals surface area contributed by atoms with Crippen LogP contribution in [0.3, 0.4) is 0 Å². The van der Waals surface area contributed by atoms with E-state index in [1.165, 1.54) is 6.34 Å². The molecule has 0 saturated carbocycles. The zero-order chi connectivity index (χ0) is 30.5. The number of hydrogen-bond acceptors (Lipinski definition) is 10. The number of para-hydroxylation sites is 1. The van der Waals surface area contributed by atoms with E-state index >= 15 is 0 Å². The molecule has 3 aromatic rings. The molecule has 12 nitrogen and oxygen atoms in total. The van der Waals surface area contributed by atoms with Crippen LogP contribution in [0.25, 0.3) is 0 Å². The summed E-state index contributed by atoms with van der Waals surface area (Å²) in [5.41, 5.74) is 8.81. The number of ether oxygens (including phenoxy) is 1. The third-order valence-electron chi connectivity index (χ3n) is 7.65. The van der Waals surface area contributed by atoms with Crippen molar-refractivity contribution in [3.05, 3.63) is 96.1 Å². The van der Waals surface area contributed by atoms with E-state index in [0.717, 1.165) is 29.0 Å². The predicted octanol–water partition coefficient (Wildman–Crippen LogP) is 2.88. The van der Waals surface area contributed by atoms with Crippen molar-refractivity contribution in [1.29, 1.82) is 0 Å². The first kappa shape index (κ1) is 29.6. The summed E-state index contributed by atoms with van der Waals surface area (Å²) < 4.78 is 38.0. The number of nitrogens with one attached hydrogen (secondary N) is 1. The monoisotopic (exact) mass is 615 g/mol. The summed E-state index contributed by atoms with van der Waals surface area (Å²) in [6.45, 7) is 0.290. The Hall–Kier alpha value is -4.43. The van der Waals surface area contributed by atoms with Crippen LogP contribution in [0.2, 0.25) is 0 Å². The van der Waals surface area contributed by atoms with Gasteiger partial charge in [0.1, 0.15) is 36.4 Å². The Kier molecular flexibility index (Phi) is 8.79. The number of rotatable bonds is 10. The van der Waals surface area contributed by atoms with Gasteiger partial charge in [-0.15, -0.1) is 0 Å². The van der Waals surface area contributed by atoms with E-state index in [2.05, 4.69) is 14.7 Å². The summed E-state index contributed by atoms with van der Waals surface area (Å²) in [4.78, 5) is 23.5.